The summed E-state index contributed by atoms with van der Waals surface area (Å²) < 4.78 is 19.8. The third-order valence-corrected chi connectivity index (χ3v) is 3.43. The molecule has 0 fully saturated rings. The van der Waals surface area contributed by atoms with Crippen LogP contribution in [0.15, 0.2) is 12.1 Å². The molecule has 1 N–H and O–H groups in total. The molecular weight excluding hydrogens is 229 g/mol. The van der Waals surface area contributed by atoms with Crippen LogP contribution in [0.1, 0.15) is 50.8 Å². The van der Waals surface area contributed by atoms with Gasteiger partial charge >= 0.3 is 0 Å². The van der Waals surface area contributed by atoms with Crippen LogP contribution in [0, 0.1) is 12.7 Å². The minimum Gasteiger partial charge on any atom is -0.484 e. The van der Waals surface area contributed by atoms with Crippen LogP contribution in [0.25, 0.3) is 0 Å². The molecule has 0 radical (unpaired) electrons. The Morgan fingerprint density at radius 1 is 1.44 bits per heavy atom. The molecule has 0 spiro atoms. The smallest absolute Gasteiger partial charge is 0.165 e. The summed E-state index contributed by atoms with van der Waals surface area (Å²) in [6.45, 7) is 9.12. The number of rotatable bonds is 3. The Morgan fingerprint density at radius 3 is 2.83 bits per heavy atom. The Bertz CT molecular complexity index is 442. The van der Waals surface area contributed by atoms with Crippen LogP contribution in [0.2, 0.25) is 0 Å². The number of nitrogens with one attached hydrogen (secondary N) is 1. The zero-order valence-electron chi connectivity index (χ0n) is 11.6. The van der Waals surface area contributed by atoms with Crippen LogP contribution >= 0.6 is 0 Å². The summed E-state index contributed by atoms with van der Waals surface area (Å²) in [6, 6.07) is 3.50. The van der Waals surface area contributed by atoms with Gasteiger partial charge in [-0.2, -0.15) is 0 Å². The second-order valence-electron chi connectivity index (χ2n) is 5.68. The lowest BCUT2D eigenvalue weighted by Crippen LogP contribution is -2.40. The van der Waals surface area contributed by atoms with Crippen LogP contribution in [0.3, 0.4) is 0 Å². The van der Waals surface area contributed by atoms with Crippen LogP contribution in [0.4, 0.5) is 4.39 Å². The molecule has 0 amide bonds. The topological polar surface area (TPSA) is 21.3 Å². The van der Waals surface area contributed by atoms with Gasteiger partial charge in [-0.3, -0.25) is 0 Å². The Labute approximate surface area is 109 Å². The summed E-state index contributed by atoms with van der Waals surface area (Å²) >= 11 is 0. The fraction of sp³-hybridized carbons (Fsp3) is 0.600. The molecule has 0 saturated heterocycles. The first kappa shape index (κ1) is 13.3. The number of hydrogen-bond acceptors (Lipinski definition) is 2. The maximum Gasteiger partial charge on any atom is 0.165 e. The van der Waals surface area contributed by atoms with Gasteiger partial charge in [-0.15, -0.1) is 0 Å². The summed E-state index contributed by atoms with van der Waals surface area (Å²) in [5.74, 6) is 0.173. The van der Waals surface area contributed by atoms with Crippen LogP contribution in [-0.4, -0.2) is 12.1 Å². The number of hydrogen-bond donors (Lipinski definition) is 1. The molecule has 1 heterocycles. The molecule has 1 aliphatic rings. The first-order valence-corrected chi connectivity index (χ1v) is 6.66. The highest BCUT2D eigenvalue weighted by molar-refractivity contribution is 5.45. The fourth-order valence-corrected chi connectivity index (χ4v) is 2.61. The van der Waals surface area contributed by atoms with Crippen molar-refractivity contribution in [3.63, 3.8) is 0 Å². The first-order chi connectivity index (χ1) is 8.44. The van der Waals surface area contributed by atoms with E-state index in [1.807, 2.05) is 26.8 Å². The summed E-state index contributed by atoms with van der Waals surface area (Å²) in [5.41, 5.74) is 1.76. The first-order valence-electron chi connectivity index (χ1n) is 6.66. The molecule has 1 atom stereocenters. The molecule has 0 bridgehead atoms. The van der Waals surface area contributed by atoms with Crippen molar-refractivity contribution in [2.45, 2.75) is 52.2 Å². The Balaban J connectivity index is 2.43. The average Bonchev–Trinajstić information content (AvgIpc) is 2.29. The maximum absolute atomic E-state index is 13.9. The van der Waals surface area contributed by atoms with Crippen molar-refractivity contribution in [2.24, 2.45) is 0 Å². The lowest BCUT2D eigenvalue weighted by Gasteiger charge is -2.39. The van der Waals surface area contributed by atoms with E-state index in [4.69, 9.17) is 4.74 Å². The van der Waals surface area contributed by atoms with E-state index >= 15 is 0 Å². The summed E-state index contributed by atoms with van der Waals surface area (Å²) in [5, 5.41) is 3.50. The van der Waals surface area contributed by atoms with E-state index in [1.165, 1.54) is 6.07 Å². The monoisotopic (exact) mass is 251 g/mol. The Hall–Kier alpha value is -1.09. The van der Waals surface area contributed by atoms with Crippen LogP contribution in [0.5, 0.6) is 5.75 Å². The molecule has 1 unspecified atom stereocenters. The second-order valence-corrected chi connectivity index (χ2v) is 5.68. The van der Waals surface area contributed by atoms with Gasteiger partial charge in [-0.25, -0.2) is 4.39 Å². The predicted octanol–water partition coefficient (Wildman–Crippen LogP) is 3.74. The zero-order valence-corrected chi connectivity index (χ0v) is 11.6. The predicted molar refractivity (Wildman–Crippen MR) is 71.5 cm³/mol. The quantitative estimate of drug-likeness (QED) is 0.883. The van der Waals surface area contributed by atoms with E-state index in [9.17, 15) is 4.39 Å². The van der Waals surface area contributed by atoms with Gasteiger partial charge in [-0.1, -0.05) is 13.0 Å². The van der Waals surface area contributed by atoms with Gasteiger partial charge in [0.05, 0.1) is 0 Å². The van der Waals surface area contributed by atoms with Gasteiger partial charge in [-0.05, 0) is 45.4 Å². The molecule has 0 saturated carbocycles. The summed E-state index contributed by atoms with van der Waals surface area (Å²) in [6.07, 6.45) is 1.94. The fourth-order valence-electron chi connectivity index (χ4n) is 2.61. The minimum atomic E-state index is -0.326. The van der Waals surface area contributed by atoms with Crippen molar-refractivity contribution in [1.29, 1.82) is 0 Å². The molecule has 0 aliphatic carbocycles. The second kappa shape index (κ2) is 4.88. The van der Waals surface area contributed by atoms with Crippen LogP contribution in [-0.2, 0) is 0 Å². The molecule has 18 heavy (non-hydrogen) atoms. The molecule has 2 rings (SSSR count). The van der Waals surface area contributed by atoms with Gasteiger partial charge in [0.2, 0.25) is 0 Å². The minimum absolute atomic E-state index is 0.180. The van der Waals surface area contributed by atoms with Gasteiger partial charge in [0.15, 0.2) is 11.6 Å². The summed E-state index contributed by atoms with van der Waals surface area (Å²) in [7, 11) is 0. The van der Waals surface area contributed by atoms with E-state index < -0.39 is 0 Å². The van der Waals surface area contributed by atoms with Crippen molar-refractivity contribution in [1.82, 2.24) is 5.32 Å². The standard InChI is InChI=1S/C15H22FNO/c1-5-8-17-12-9-15(3,4)18-14-11(16)7-6-10(2)13(12)14/h6-7,12,17H,5,8-9H2,1-4H3. The van der Waals surface area contributed by atoms with E-state index in [2.05, 4.69) is 12.2 Å². The molecular formula is C15H22FNO. The highest BCUT2D eigenvalue weighted by Gasteiger charge is 2.35. The summed E-state index contributed by atoms with van der Waals surface area (Å²) in [4.78, 5) is 0. The van der Waals surface area contributed by atoms with Crippen molar-refractivity contribution in [3.05, 3.63) is 29.1 Å². The molecule has 1 aliphatic heterocycles. The van der Waals surface area contributed by atoms with Crippen molar-refractivity contribution >= 4 is 0 Å². The van der Waals surface area contributed by atoms with Gasteiger partial charge in [0, 0.05) is 18.0 Å². The third kappa shape index (κ3) is 2.51. The van der Waals surface area contributed by atoms with Gasteiger partial charge < -0.3 is 10.1 Å². The molecule has 1 aromatic carbocycles. The Morgan fingerprint density at radius 2 is 2.17 bits per heavy atom. The lowest BCUT2D eigenvalue weighted by molar-refractivity contribution is 0.0606. The van der Waals surface area contributed by atoms with E-state index in [-0.39, 0.29) is 17.5 Å². The zero-order chi connectivity index (χ0) is 13.3. The number of halogens is 1. The van der Waals surface area contributed by atoms with Crippen molar-refractivity contribution in [3.8, 4) is 5.75 Å². The molecule has 3 heteroatoms. The van der Waals surface area contributed by atoms with Crippen LogP contribution < -0.4 is 10.1 Å². The highest BCUT2D eigenvalue weighted by Crippen LogP contribution is 2.42. The third-order valence-electron chi connectivity index (χ3n) is 3.43. The highest BCUT2D eigenvalue weighted by atomic mass is 19.1. The number of ether oxygens (including phenoxy) is 1. The van der Waals surface area contributed by atoms with E-state index in [0.717, 1.165) is 30.5 Å². The Kier molecular flexibility index (Phi) is 3.62. The SMILES string of the molecule is CCCNC1CC(C)(C)Oc2c(F)ccc(C)c21. The maximum atomic E-state index is 13.9. The van der Waals surface area contributed by atoms with E-state index in [1.54, 1.807) is 0 Å². The molecule has 100 valence electrons. The molecule has 2 nitrogen and oxygen atoms in total. The number of fused-ring (bicyclic) bond motifs is 1. The molecule has 0 aromatic heterocycles. The van der Waals surface area contributed by atoms with Gasteiger partial charge in [0.1, 0.15) is 5.60 Å². The average molecular weight is 251 g/mol. The molecule has 1 aromatic rings. The lowest BCUT2D eigenvalue weighted by atomic mass is 9.87. The van der Waals surface area contributed by atoms with E-state index in [0.29, 0.717) is 5.75 Å². The number of benzene rings is 1. The normalized spacial score (nSPS) is 21.3. The van der Waals surface area contributed by atoms with Gasteiger partial charge in [0.25, 0.3) is 0 Å². The van der Waals surface area contributed by atoms with Crippen molar-refractivity contribution < 1.29 is 9.13 Å². The largest absolute Gasteiger partial charge is 0.484 e. The van der Waals surface area contributed by atoms with Crippen molar-refractivity contribution in [2.75, 3.05) is 6.54 Å². The number of aryl methyl sites for hydroxylation is 1.